The predicted molar refractivity (Wildman–Crippen MR) is 84.3 cm³/mol. The summed E-state index contributed by atoms with van der Waals surface area (Å²) in [5.41, 5.74) is 6.70. The Morgan fingerprint density at radius 3 is 3.00 bits per heavy atom. The second-order valence-electron chi connectivity index (χ2n) is 6.26. The lowest BCUT2D eigenvalue weighted by molar-refractivity contribution is -0.122. The van der Waals surface area contributed by atoms with Gasteiger partial charge in [-0.25, -0.2) is 0 Å². The topological polar surface area (TPSA) is 64.3 Å². The standard InChI is InChI=1S/C17H26N2O2/c1-13-5-4-8-17(11-13,12-18)19-16(20)10-14-6-3-7-15(9-14)21-2/h3,6-7,9,13H,4-5,8,10-12,18H2,1-2H3,(H,19,20). The van der Waals surface area contributed by atoms with Gasteiger partial charge in [-0.2, -0.15) is 0 Å². The van der Waals surface area contributed by atoms with Crippen LogP contribution >= 0.6 is 0 Å². The molecule has 2 atom stereocenters. The van der Waals surface area contributed by atoms with Crippen LogP contribution in [0.25, 0.3) is 0 Å². The predicted octanol–water partition coefficient (Wildman–Crippen LogP) is 2.26. The third-order valence-electron chi connectivity index (χ3n) is 4.39. The maximum Gasteiger partial charge on any atom is 0.224 e. The van der Waals surface area contributed by atoms with Crippen molar-refractivity contribution in [1.29, 1.82) is 0 Å². The zero-order valence-corrected chi connectivity index (χ0v) is 13.0. The van der Waals surface area contributed by atoms with E-state index in [0.717, 1.165) is 30.6 Å². The molecule has 0 radical (unpaired) electrons. The fourth-order valence-electron chi connectivity index (χ4n) is 3.32. The van der Waals surface area contributed by atoms with Crippen LogP contribution in [0, 0.1) is 5.92 Å². The van der Waals surface area contributed by atoms with Crippen LogP contribution in [0.2, 0.25) is 0 Å². The lowest BCUT2D eigenvalue weighted by atomic mass is 9.76. The zero-order valence-electron chi connectivity index (χ0n) is 13.0. The fourth-order valence-corrected chi connectivity index (χ4v) is 3.32. The highest BCUT2D eigenvalue weighted by Gasteiger charge is 2.34. The first-order valence-electron chi connectivity index (χ1n) is 7.71. The molecule has 3 N–H and O–H groups in total. The van der Waals surface area contributed by atoms with Crippen LogP contribution in [-0.4, -0.2) is 25.1 Å². The SMILES string of the molecule is COc1cccc(CC(=O)NC2(CN)CCCC(C)C2)c1. The number of rotatable bonds is 5. The van der Waals surface area contributed by atoms with E-state index in [1.165, 1.54) is 6.42 Å². The highest BCUT2D eigenvalue weighted by atomic mass is 16.5. The molecule has 0 aromatic heterocycles. The Balaban J connectivity index is 1.99. The van der Waals surface area contributed by atoms with Crippen molar-refractivity contribution in [2.24, 2.45) is 11.7 Å². The summed E-state index contributed by atoms with van der Waals surface area (Å²) in [5.74, 6) is 1.45. The van der Waals surface area contributed by atoms with Gasteiger partial charge in [0.2, 0.25) is 5.91 Å². The maximum absolute atomic E-state index is 12.3. The molecule has 2 unspecified atom stereocenters. The van der Waals surface area contributed by atoms with E-state index in [4.69, 9.17) is 10.5 Å². The summed E-state index contributed by atoms with van der Waals surface area (Å²) in [5, 5.41) is 3.19. The lowest BCUT2D eigenvalue weighted by Crippen LogP contribution is -2.56. The van der Waals surface area contributed by atoms with Gasteiger partial charge < -0.3 is 15.8 Å². The molecule has 1 aromatic carbocycles. The number of amides is 1. The Morgan fingerprint density at radius 2 is 2.33 bits per heavy atom. The second kappa shape index (κ2) is 6.94. The Hall–Kier alpha value is -1.55. The molecule has 1 aliphatic carbocycles. The molecule has 4 heteroatoms. The number of methoxy groups -OCH3 is 1. The Kier molecular flexibility index (Phi) is 5.23. The van der Waals surface area contributed by atoms with E-state index in [-0.39, 0.29) is 11.4 Å². The molecule has 0 heterocycles. The molecule has 0 spiro atoms. The van der Waals surface area contributed by atoms with E-state index in [9.17, 15) is 4.79 Å². The Morgan fingerprint density at radius 1 is 1.52 bits per heavy atom. The summed E-state index contributed by atoms with van der Waals surface area (Å²) in [6.07, 6.45) is 4.70. The number of hydrogen-bond donors (Lipinski definition) is 2. The van der Waals surface area contributed by atoms with Gasteiger partial charge in [-0.05, 0) is 36.5 Å². The van der Waals surface area contributed by atoms with E-state index in [1.807, 2.05) is 24.3 Å². The van der Waals surface area contributed by atoms with Crippen molar-refractivity contribution in [1.82, 2.24) is 5.32 Å². The molecule has 4 nitrogen and oxygen atoms in total. The molecule has 1 aromatic rings. The first-order valence-corrected chi connectivity index (χ1v) is 7.71. The van der Waals surface area contributed by atoms with Crippen molar-refractivity contribution in [3.05, 3.63) is 29.8 Å². The van der Waals surface area contributed by atoms with Crippen LogP contribution < -0.4 is 15.8 Å². The maximum atomic E-state index is 12.3. The van der Waals surface area contributed by atoms with Crippen molar-refractivity contribution in [2.45, 2.75) is 44.6 Å². The van der Waals surface area contributed by atoms with Crippen LogP contribution in [0.4, 0.5) is 0 Å². The first-order chi connectivity index (χ1) is 10.1. The van der Waals surface area contributed by atoms with Gasteiger partial charge in [0, 0.05) is 6.54 Å². The first kappa shape index (κ1) is 15.8. The molecule has 0 saturated heterocycles. The molecule has 1 aliphatic rings. The van der Waals surface area contributed by atoms with Crippen LogP contribution in [-0.2, 0) is 11.2 Å². The average molecular weight is 290 g/mol. The third kappa shape index (κ3) is 4.21. The average Bonchev–Trinajstić information content (AvgIpc) is 2.47. The van der Waals surface area contributed by atoms with Gasteiger partial charge >= 0.3 is 0 Å². The van der Waals surface area contributed by atoms with Crippen molar-refractivity contribution in [3.63, 3.8) is 0 Å². The van der Waals surface area contributed by atoms with Crippen LogP contribution in [0.15, 0.2) is 24.3 Å². The highest BCUT2D eigenvalue weighted by molar-refractivity contribution is 5.79. The largest absolute Gasteiger partial charge is 0.497 e. The van der Waals surface area contributed by atoms with E-state index >= 15 is 0 Å². The molecular weight excluding hydrogens is 264 g/mol. The summed E-state index contributed by atoms with van der Waals surface area (Å²) in [7, 11) is 1.63. The molecule has 0 bridgehead atoms. The minimum absolute atomic E-state index is 0.0443. The number of ether oxygens (including phenoxy) is 1. The molecule has 0 aliphatic heterocycles. The van der Waals surface area contributed by atoms with Crippen molar-refractivity contribution < 1.29 is 9.53 Å². The Labute approximate surface area is 127 Å². The van der Waals surface area contributed by atoms with Crippen LogP contribution in [0.5, 0.6) is 5.75 Å². The minimum Gasteiger partial charge on any atom is -0.497 e. The van der Waals surface area contributed by atoms with Crippen molar-refractivity contribution >= 4 is 5.91 Å². The fraction of sp³-hybridized carbons (Fsp3) is 0.588. The normalized spacial score (nSPS) is 25.4. The smallest absolute Gasteiger partial charge is 0.224 e. The molecule has 116 valence electrons. The Bertz CT molecular complexity index is 489. The second-order valence-corrected chi connectivity index (χ2v) is 6.26. The molecule has 1 amide bonds. The molecule has 1 fully saturated rings. The van der Waals surface area contributed by atoms with Crippen LogP contribution in [0.1, 0.15) is 38.2 Å². The van der Waals surface area contributed by atoms with Gasteiger partial charge in [0.05, 0.1) is 19.1 Å². The minimum atomic E-state index is -0.215. The summed E-state index contributed by atoms with van der Waals surface area (Å²) in [6.45, 7) is 2.75. The number of carbonyl (C=O) groups is 1. The molecule has 21 heavy (non-hydrogen) atoms. The highest BCUT2D eigenvalue weighted by Crippen LogP contribution is 2.31. The van der Waals surface area contributed by atoms with Gasteiger partial charge in [-0.3, -0.25) is 4.79 Å². The quantitative estimate of drug-likeness (QED) is 0.874. The summed E-state index contributed by atoms with van der Waals surface area (Å²) < 4.78 is 5.19. The van der Waals surface area contributed by atoms with E-state index in [1.54, 1.807) is 7.11 Å². The molecule has 2 rings (SSSR count). The van der Waals surface area contributed by atoms with Crippen molar-refractivity contribution in [3.8, 4) is 5.75 Å². The van der Waals surface area contributed by atoms with Crippen molar-refractivity contribution in [2.75, 3.05) is 13.7 Å². The van der Waals surface area contributed by atoms with Gasteiger partial charge in [0.15, 0.2) is 0 Å². The number of hydrogen-bond acceptors (Lipinski definition) is 3. The van der Waals surface area contributed by atoms with Crippen LogP contribution in [0.3, 0.4) is 0 Å². The number of benzene rings is 1. The lowest BCUT2D eigenvalue weighted by Gasteiger charge is -2.40. The number of nitrogens with two attached hydrogens (primary N) is 1. The van der Waals surface area contributed by atoms with E-state index in [2.05, 4.69) is 12.2 Å². The van der Waals surface area contributed by atoms with Gasteiger partial charge in [-0.15, -0.1) is 0 Å². The summed E-state index contributed by atoms with van der Waals surface area (Å²) >= 11 is 0. The zero-order chi connectivity index (χ0) is 15.3. The third-order valence-corrected chi connectivity index (χ3v) is 4.39. The number of nitrogens with one attached hydrogen (secondary N) is 1. The molecule has 1 saturated carbocycles. The monoisotopic (exact) mass is 290 g/mol. The molecular formula is C17H26N2O2. The van der Waals surface area contributed by atoms with Gasteiger partial charge in [0.25, 0.3) is 0 Å². The van der Waals surface area contributed by atoms with Gasteiger partial charge in [-0.1, -0.05) is 31.9 Å². The number of carbonyl (C=O) groups excluding carboxylic acids is 1. The van der Waals surface area contributed by atoms with E-state index < -0.39 is 0 Å². The summed E-state index contributed by atoms with van der Waals surface area (Å²) in [6, 6.07) is 7.63. The van der Waals surface area contributed by atoms with Gasteiger partial charge in [0.1, 0.15) is 5.75 Å². The van der Waals surface area contributed by atoms with E-state index in [0.29, 0.717) is 18.9 Å². The summed E-state index contributed by atoms with van der Waals surface area (Å²) in [4.78, 5) is 12.3.